The number of carbonyl (C=O) groups excluding carboxylic acids is 1. The van der Waals surface area contributed by atoms with E-state index in [-0.39, 0.29) is 34.5 Å². The fourth-order valence-electron chi connectivity index (χ4n) is 16.4. The average Bonchev–Trinajstić information content (AvgIpc) is 2.91. The van der Waals surface area contributed by atoms with Gasteiger partial charge in [0.2, 0.25) is 0 Å². The Balaban J connectivity index is 1.01. The minimum atomic E-state index is -1.85. The smallest absolute Gasteiger partial charge is 0.302 e. The van der Waals surface area contributed by atoms with Gasteiger partial charge in [0.05, 0.1) is 37.6 Å². The van der Waals surface area contributed by atoms with Gasteiger partial charge in [-0.05, 0) is 130 Å². The van der Waals surface area contributed by atoms with Gasteiger partial charge in [0, 0.05) is 6.92 Å². The van der Waals surface area contributed by atoms with Crippen molar-refractivity contribution in [2.24, 2.45) is 45.3 Å². The van der Waals surface area contributed by atoms with Crippen molar-refractivity contribution in [2.45, 2.75) is 261 Å². The molecule has 0 spiro atoms. The molecule has 29 atom stereocenters. The Hall–Kier alpha value is -1.63. The molecule has 0 unspecified atom stereocenters. The Morgan fingerprint density at radius 3 is 1.76 bits per heavy atom. The summed E-state index contributed by atoms with van der Waals surface area (Å²) in [6, 6.07) is 0. The van der Waals surface area contributed by atoms with Crippen LogP contribution in [0, 0.1) is 45.3 Å². The van der Waals surface area contributed by atoms with Gasteiger partial charge in [-0.2, -0.15) is 0 Å². The molecule has 4 saturated heterocycles. The molecule has 79 heavy (non-hydrogen) atoms. The fraction of sp³-hybridized carbons (Fsp3) is 0.946. The molecule has 4 heterocycles. The van der Waals surface area contributed by atoms with Crippen LogP contribution in [0.1, 0.15) is 127 Å². The van der Waals surface area contributed by atoms with Crippen LogP contribution < -0.4 is 0 Å². The third-order valence-corrected chi connectivity index (χ3v) is 21.1. The zero-order valence-corrected chi connectivity index (χ0v) is 47.3. The SMILES string of the molecule is CC(=O)OC[C@H]1O[C@@H](O[C@H]2[C@H](O[C@H]3CC[C@]4(C)[C@H]5C[C@@H](O)[C@H]6[C@@H]([C@](C)(CCCC=C(C)C)O[C@@H]7O[C@H](CO[C@@H]8O[C@@H](CO)[C@@H](O)[C@@H]8O)[C@@H](O)[C@H](O)[C@H]7O)CC[C@@]6(C)[C@]5(C)CC[C@H]4C3(C)C)O[C@H](CO)[C@@H](O)[C@@H]2O)[C@H](O)[C@@H](O)[C@@H]1O. The summed E-state index contributed by atoms with van der Waals surface area (Å²) in [5.41, 5.74) is -1.47. The van der Waals surface area contributed by atoms with Crippen LogP contribution in [-0.2, 0) is 47.4 Å². The quantitative estimate of drug-likeness (QED) is 0.0353. The molecule has 0 aromatic carbocycles. The van der Waals surface area contributed by atoms with Crippen molar-refractivity contribution in [1.29, 1.82) is 0 Å². The maximum Gasteiger partial charge on any atom is 0.302 e. The number of aliphatic hydroxyl groups excluding tert-OH is 13. The van der Waals surface area contributed by atoms with Crippen molar-refractivity contribution in [2.75, 3.05) is 26.4 Å². The van der Waals surface area contributed by atoms with Gasteiger partial charge in [-0.25, -0.2) is 0 Å². The average molecular weight is 1140 g/mol. The molecule has 0 radical (unpaired) electrons. The Kier molecular flexibility index (Phi) is 19.6. The molecular weight excluding hydrogens is 1040 g/mol. The summed E-state index contributed by atoms with van der Waals surface area (Å²) in [6.07, 6.45) is -21.6. The van der Waals surface area contributed by atoms with Crippen molar-refractivity contribution >= 4 is 5.97 Å². The fourth-order valence-corrected chi connectivity index (χ4v) is 16.4. The Labute approximate surface area is 463 Å². The summed E-state index contributed by atoms with van der Waals surface area (Å²) >= 11 is 0. The molecule has 4 aliphatic carbocycles. The van der Waals surface area contributed by atoms with Gasteiger partial charge in [0.1, 0.15) is 98.2 Å². The van der Waals surface area contributed by atoms with E-state index >= 15 is 0 Å². The molecule has 0 amide bonds. The number of ether oxygens (including phenoxy) is 9. The van der Waals surface area contributed by atoms with Crippen molar-refractivity contribution in [1.82, 2.24) is 0 Å². The summed E-state index contributed by atoms with van der Waals surface area (Å²) in [4.78, 5) is 11.6. The lowest BCUT2D eigenvalue weighted by Gasteiger charge is -2.71. The highest BCUT2D eigenvalue weighted by atomic mass is 16.8. The van der Waals surface area contributed by atoms with Crippen LogP contribution >= 0.6 is 0 Å². The van der Waals surface area contributed by atoms with Crippen LogP contribution in [-0.4, -0.2) is 233 Å². The van der Waals surface area contributed by atoms with Gasteiger partial charge < -0.3 is 109 Å². The monoisotopic (exact) mass is 1130 g/mol. The van der Waals surface area contributed by atoms with E-state index in [0.29, 0.717) is 38.5 Å². The second-order valence-electron chi connectivity index (χ2n) is 26.2. The number of fused-ring (bicyclic) bond motifs is 5. The van der Waals surface area contributed by atoms with Gasteiger partial charge in [0.15, 0.2) is 25.2 Å². The number of hydrogen-bond acceptors (Lipinski definition) is 23. The van der Waals surface area contributed by atoms with Gasteiger partial charge >= 0.3 is 5.97 Å². The minimum absolute atomic E-state index is 0.0349. The molecule has 23 nitrogen and oxygen atoms in total. The van der Waals surface area contributed by atoms with E-state index in [2.05, 4.69) is 40.7 Å². The van der Waals surface area contributed by atoms with Crippen LogP contribution in [0.25, 0.3) is 0 Å². The zero-order valence-electron chi connectivity index (χ0n) is 47.3. The first-order valence-electron chi connectivity index (χ1n) is 28.7. The number of esters is 1. The number of carbonyl (C=O) groups is 1. The molecule has 0 bridgehead atoms. The standard InChI is InChI=1S/C56H94O23/c1-25(2)12-10-11-16-56(9,79-50-46(70)42(66)40(64)32(76-50)24-72-48-44(68)38(62)30(22-58)73-48)27-13-18-55(8)36(27)28(60)20-34-53(6)17-15-35(52(4,5)33(53)14-19-54(34,55)7)77-51-47(43(67)37(61)29(21-57)74-51)78-49-45(69)41(65)39(63)31(75-49)23-71-26(3)59/h12,27-51,57-58,60-70H,10-11,13-24H2,1-9H3/t27-,28+,29+,30-,31+,32+,33-,34+,35-,36+,37+,38+,39+,40+,41-,42-,43-,44-,45+,46+,47+,48+,49-,50-,51-,53-,54+,55+,56-/m0/s1. The molecule has 8 aliphatic rings. The van der Waals surface area contributed by atoms with E-state index < -0.39 is 178 Å². The van der Waals surface area contributed by atoms with Gasteiger partial charge in [-0.15, -0.1) is 0 Å². The first kappa shape index (κ1) is 63.4. The second-order valence-corrected chi connectivity index (χ2v) is 26.2. The molecule has 23 heteroatoms. The number of hydrogen-bond donors (Lipinski definition) is 13. The third kappa shape index (κ3) is 11.7. The zero-order chi connectivity index (χ0) is 58.1. The largest absolute Gasteiger partial charge is 0.463 e. The van der Waals surface area contributed by atoms with Crippen molar-refractivity contribution in [3.8, 4) is 0 Å². The predicted molar refractivity (Wildman–Crippen MR) is 274 cm³/mol. The lowest BCUT2D eigenvalue weighted by Crippen LogP contribution is -2.68. The summed E-state index contributed by atoms with van der Waals surface area (Å²) in [6.45, 7) is 16.3. The van der Waals surface area contributed by atoms with Gasteiger partial charge in [0.25, 0.3) is 0 Å². The van der Waals surface area contributed by atoms with E-state index in [1.165, 1.54) is 0 Å². The molecule has 0 aromatic rings. The van der Waals surface area contributed by atoms with Crippen molar-refractivity contribution in [3.05, 3.63) is 11.6 Å². The minimum Gasteiger partial charge on any atom is -0.463 e. The van der Waals surface area contributed by atoms with Crippen LogP contribution in [0.15, 0.2) is 11.6 Å². The molecule has 456 valence electrons. The summed E-state index contributed by atoms with van der Waals surface area (Å²) in [5.74, 6) is -1.10. The van der Waals surface area contributed by atoms with Crippen LogP contribution in [0.2, 0.25) is 0 Å². The van der Waals surface area contributed by atoms with E-state index in [1.54, 1.807) is 0 Å². The first-order chi connectivity index (χ1) is 37.0. The number of unbranched alkanes of at least 4 members (excludes halogenated alkanes) is 1. The molecule has 8 fully saturated rings. The third-order valence-electron chi connectivity index (χ3n) is 21.1. The Morgan fingerprint density at radius 1 is 0.595 bits per heavy atom. The normalized spacial score (nSPS) is 50.4. The molecule has 0 aromatic heterocycles. The number of rotatable bonds is 18. The molecule has 4 saturated carbocycles. The molecule has 8 rings (SSSR count). The topological polar surface area (TPSA) is 363 Å². The van der Waals surface area contributed by atoms with E-state index in [0.717, 1.165) is 38.2 Å². The summed E-state index contributed by atoms with van der Waals surface area (Å²) in [7, 11) is 0. The van der Waals surface area contributed by atoms with E-state index in [1.807, 2.05) is 20.8 Å². The highest BCUT2D eigenvalue weighted by Gasteiger charge is 2.72. The highest BCUT2D eigenvalue weighted by molar-refractivity contribution is 5.65. The maximum absolute atomic E-state index is 12.9. The maximum atomic E-state index is 12.9. The first-order valence-corrected chi connectivity index (χ1v) is 28.7. The van der Waals surface area contributed by atoms with E-state index in [9.17, 15) is 71.2 Å². The van der Waals surface area contributed by atoms with E-state index in [4.69, 9.17) is 42.6 Å². The highest BCUT2D eigenvalue weighted by Crippen LogP contribution is 2.76. The molecule has 4 aliphatic heterocycles. The summed E-state index contributed by atoms with van der Waals surface area (Å²) in [5, 5.41) is 142. The van der Waals surface area contributed by atoms with Gasteiger partial charge in [-0.1, -0.05) is 46.3 Å². The summed E-state index contributed by atoms with van der Waals surface area (Å²) < 4.78 is 54.3. The molecular formula is C56H94O23. The number of allylic oxidation sites excluding steroid dienone is 2. The lowest BCUT2D eigenvalue weighted by molar-refractivity contribution is -0.378. The Morgan fingerprint density at radius 2 is 1.14 bits per heavy atom. The van der Waals surface area contributed by atoms with Crippen molar-refractivity contribution in [3.63, 3.8) is 0 Å². The van der Waals surface area contributed by atoms with Crippen LogP contribution in [0.4, 0.5) is 0 Å². The predicted octanol–water partition coefficient (Wildman–Crippen LogP) is -0.603. The van der Waals surface area contributed by atoms with Crippen LogP contribution in [0.5, 0.6) is 0 Å². The van der Waals surface area contributed by atoms with Crippen molar-refractivity contribution < 1.29 is 114 Å². The van der Waals surface area contributed by atoms with Crippen LogP contribution in [0.3, 0.4) is 0 Å². The van der Waals surface area contributed by atoms with Gasteiger partial charge in [-0.3, -0.25) is 4.79 Å². The second kappa shape index (κ2) is 24.4. The lowest BCUT2D eigenvalue weighted by atomic mass is 9.35. The number of aliphatic hydroxyl groups is 13. The Bertz CT molecular complexity index is 2080. The molecule has 13 N–H and O–H groups in total.